The summed E-state index contributed by atoms with van der Waals surface area (Å²) in [6.07, 6.45) is 1.43. The monoisotopic (exact) mass is 505 g/mol. The number of rotatable bonds is 8. The van der Waals surface area contributed by atoms with Crippen LogP contribution in [0.1, 0.15) is 35.1 Å². The van der Waals surface area contributed by atoms with Crippen LogP contribution in [0.5, 0.6) is 0 Å². The number of carbonyl (C=O) groups is 2. The lowest BCUT2D eigenvalue weighted by molar-refractivity contribution is -0.120. The van der Waals surface area contributed by atoms with Crippen LogP contribution in [0.2, 0.25) is 0 Å². The van der Waals surface area contributed by atoms with Crippen molar-refractivity contribution in [1.82, 2.24) is 5.32 Å². The number of benzene rings is 3. The summed E-state index contributed by atoms with van der Waals surface area (Å²) in [7, 11) is -3.97. The van der Waals surface area contributed by atoms with Gasteiger partial charge in [-0.2, -0.15) is 0 Å². The number of anilines is 2. The molecule has 1 aliphatic rings. The molecule has 188 valence electrons. The van der Waals surface area contributed by atoms with E-state index in [0.29, 0.717) is 12.1 Å². The predicted molar refractivity (Wildman–Crippen MR) is 142 cm³/mol. The molecule has 0 bridgehead atoms. The largest absolute Gasteiger partial charge is 0.350 e. The fraction of sp³-hybridized carbons (Fsp3) is 0.286. The third-order valence-electron chi connectivity index (χ3n) is 6.55. The highest BCUT2D eigenvalue weighted by Crippen LogP contribution is 2.28. The van der Waals surface area contributed by atoms with Gasteiger partial charge in [-0.25, -0.2) is 8.42 Å². The molecule has 8 heteroatoms. The zero-order valence-electron chi connectivity index (χ0n) is 20.8. The first kappa shape index (κ1) is 25.4. The van der Waals surface area contributed by atoms with Gasteiger partial charge in [0.2, 0.25) is 11.8 Å². The van der Waals surface area contributed by atoms with Crippen molar-refractivity contribution < 1.29 is 18.0 Å². The van der Waals surface area contributed by atoms with E-state index in [1.54, 1.807) is 41.3 Å². The summed E-state index contributed by atoms with van der Waals surface area (Å²) >= 11 is 0. The average Bonchev–Trinajstić information content (AvgIpc) is 3.29. The van der Waals surface area contributed by atoms with E-state index in [9.17, 15) is 18.0 Å². The van der Waals surface area contributed by atoms with Gasteiger partial charge in [0.25, 0.3) is 10.0 Å². The first-order chi connectivity index (χ1) is 17.2. The second-order valence-corrected chi connectivity index (χ2v) is 11.0. The van der Waals surface area contributed by atoms with Gasteiger partial charge in [0.05, 0.1) is 10.6 Å². The van der Waals surface area contributed by atoms with Gasteiger partial charge in [-0.15, -0.1) is 0 Å². The molecule has 1 fully saturated rings. The normalized spacial score (nSPS) is 13.6. The molecule has 3 aromatic rings. The Morgan fingerprint density at radius 3 is 2.31 bits per heavy atom. The molecular weight excluding hydrogens is 474 g/mol. The van der Waals surface area contributed by atoms with Crippen LogP contribution in [-0.4, -0.2) is 33.3 Å². The van der Waals surface area contributed by atoms with Crippen LogP contribution in [0.15, 0.2) is 71.6 Å². The van der Waals surface area contributed by atoms with Crippen LogP contribution in [0.4, 0.5) is 11.4 Å². The SMILES string of the molecule is Cc1ccc(S(=O)(=O)N(CC(=O)NCc2ccc(N3CCCC3=O)cc2)c2cccc(C)c2C)cc1. The van der Waals surface area contributed by atoms with E-state index in [0.717, 1.165) is 40.9 Å². The van der Waals surface area contributed by atoms with Crippen molar-refractivity contribution in [2.75, 3.05) is 22.3 Å². The van der Waals surface area contributed by atoms with Gasteiger partial charge in [-0.3, -0.25) is 13.9 Å². The Balaban J connectivity index is 1.52. The third-order valence-corrected chi connectivity index (χ3v) is 8.33. The number of hydrogen-bond donors (Lipinski definition) is 1. The summed E-state index contributed by atoms with van der Waals surface area (Å²) in [5.74, 6) is -0.289. The van der Waals surface area contributed by atoms with Gasteiger partial charge in [-0.05, 0) is 74.2 Å². The topological polar surface area (TPSA) is 86.8 Å². The van der Waals surface area contributed by atoms with Gasteiger partial charge in [0.1, 0.15) is 6.54 Å². The molecule has 1 aliphatic heterocycles. The van der Waals surface area contributed by atoms with Crippen molar-refractivity contribution in [3.63, 3.8) is 0 Å². The molecular formula is C28H31N3O4S. The van der Waals surface area contributed by atoms with E-state index in [1.165, 1.54) is 4.31 Å². The van der Waals surface area contributed by atoms with Crippen molar-refractivity contribution in [3.8, 4) is 0 Å². The van der Waals surface area contributed by atoms with E-state index in [1.807, 2.05) is 51.1 Å². The van der Waals surface area contributed by atoms with Crippen molar-refractivity contribution in [1.29, 1.82) is 0 Å². The zero-order chi connectivity index (χ0) is 25.9. The van der Waals surface area contributed by atoms with E-state index in [4.69, 9.17) is 0 Å². The Morgan fingerprint density at radius 1 is 0.972 bits per heavy atom. The van der Waals surface area contributed by atoms with Gasteiger partial charge in [0.15, 0.2) is 0 Å². The van der Waals surface area contributed by atoms with Crippen LogP contribution < -0.4 is 14.5 Å². The Hall–Kier alpha value is -3.65. The standard InChI is InChI=1S/C28H31N3O4S/c1-20-9-15-25(16-10-20)36(34,35)31(26-7-4-6-21(2)22(26)3)19-27(32)29-18-23-11-13-24(14-12-23)30-17-5-8-28(30)33/h4,6-7,9-16H,5,8,17-19H2,1-3H3,(H,29,32). The molecule has 0 atom stereocenters. The van der Waals surface area contributed by atoms with Gasteiger partial charge >= 0.3 is 0 Å². The van der Waals surface area contributed by atoms with E-state index >= 15 is 0 Å². The summed E-state index contributed by atoms with van der Waals surface area (Å²) in [6.45, 7) is 6.28. The fourth-order valence-corrected chi connectivity index (χ4v) is 5.72. The highest BCUT2D eigenvalue weighted by molar-refractivity contribution is 7.92. The lowest BCUT2D eigenvalue weighted by Crippen LogP contribution is -2.41. The quantitative estimate of drug-likeness (QED) is 0.496. The molecule has 0 radical (unpaired) electrons. The lowest BCUT2D eigenvalue weighted by Gasteiger charge is -2.26. The van der Waals surface area contributed by atoms with Gasteiger partial charge < -0.3 is 10.2 Å². The van der Waals surface area contributed by atoms with Crippen LogP contribution in [-0.2, 0) is 26.2 Å². The first-order valence-electron chi connectivity index (χ1n) is 12.0. The summed E-state index contributed by atoms with van der Waals surface area (Å²) in [6, 6.07) is 19.5. The maximum atomic E-state index is 13.6. The van der Waals surface area contributed by atoms with Gasteiger partial charge in [-0.1, -0.05) is 42.0 Å². The smallest absolute Gasteiger partial charge is 0.264 e. The van der Waals surface area contributed by atoms with Crippen molar-refractivity contribution in [3.05, 3.63) is 89.0 Å². The Labute approximate surface area is 212 Å². The lowest BCUT2D eigenvalue weighted by atomic mass is 10.1. The number of nitrogens with one attached hydrogen (secondary N) is 1. The molecule has 7 nitrogen and oxygen atoms in total. The zero-order valence-corrected chi connectivity index (χ0v) is 21.6. The van der Waals surface area contributed by atoms with Crippen LogP contribution in [0, 0.1) is 20.8 Å². The third kappa shape index (κ3) is 5.44. The fourth-order valence-electron chi connectivity index (χ4n) is 4.24. The Kier molecular flexibility index (Phi) is 7.45. The summed E-state index contributed by atoms with van der Waals surface area (Å²) in [5, 5.41) is 2.84. The van der Waals surface area contributed by atoms with Crippen molar-refractivity contribution >= 4 is 33.2 Å². The molecule has 1 heterocycles. The van der Waals surface area contributed by atoms with Gasteiger partial charge in [0, 0.05) is 25.2 Å². The number of carbonyl (C=O) groups excluding carboxylic acids is 2. The first-order valence-corrected chi connectivity index (χ1v) is 13.4. The van der Waals surface area contributed by atoms with Crippen LogP contribution in [0.25, 0.3) is 0 Å². The maximum absolute atomic E-state index is 13.6. The molecule has 4 rings (SSSR count). The maximum Gasteiger partial charge on any atom is 0.264 e. The van der Waals surface area contributed by atoms with Crippen molar-refractivity contribution in [2.24, 2.45) is 0 Å². The molecule has 0 aromatic heterocycles. The average molecular weight is 506 g/mol. The molecule has 1 N–H and O–H groups in total. The number of amides is 2. The van der Waals surface area contributed by atoms with Crippen molar-refractivity contribution in [2.45, 2.75) is 45.1 Å². The van der Waals surface area contributed by atoms with E-state index < -0.39 is 15.9 Å². The minimum absolute atomic E-state index is 0.123. The van der Waals surface area contributed by atoms with Crippen LogP contribution in [0.3, 0.4) is 0 Å². The highest BCUT2D eigenvalue weighted by atomic mass is 32.2. The summed E-state index contributed by atoms with van der Waals surface area (Å²) in [5.41, 5.74) is 4.87. The molecule has 0 spiro atoms. The Bertz CT molecular complexity index is 1370. The van der Waals surface area contributed by atoms with E-state index in [2.05, 4.69) is 5.32 Å². The molecule has 2 amide bonds. The summed E-state index contributed by atoms with van der Waals surface area (Å²) in [4.78, 5) is 26.8. The number of sulfonamides is 1. The predicted octanol–water partition coefficient (Wildman–Crippen LogP) is 4.25. The van der Waals surface area contributed by atoms with E-state index in [-0.39, 0.29) is 23.9 Å². The summed E-state index contributed by atoms with van der Waals surface area (Å²) < 4.78 is 28.4. The molecule has 0 unspecified atom stereocenters. The molecule has 1 saturated heterocycles. The number of hydrogen-bond acceptors (Lipinski definition) is 4. The minimum Gasteiger partial charge on any atom is -0.350 e. The number of nitrogens with zero attached hydrogens (tertiary/aromatic N) is 2. The second-order valence-electron chi connectivity index (χ2n) is 9.14. The second kappa shape index (κ2) is 10.5. The minimum atomic E-state index is -3.97. The number of aryl methyl sites for hydroxylation is 2. The molecule has 0 aliphatic carbocycles. The molecule has 0 saturated carbocycles. The highest BCUT2D eigenvalue weighted by Gasteiger charge is 2.28. The molecule has 36 heavy (non-hydrogen) atoms. The van der Waals surface area contributed by atoms with Crippen LogP contribution >= 0.6 is 0 Å². The molecule has 3 aromatic carbocycles. The Morgan fingerprint density at radius 2 is 1.67 bits per heavy atom.